The van der Waals surface area contributed by atoms with E-state index in [1.165, 1.54) is 32.1 Å². The average molecular weight is 258 g/mol. The fourth-order valence-corrected chi connectivity index (χ4v) is 3.15. The molecule has 2 fully saturated rings. The first-order valence-electron chi connectivity index (χ1n) is 7.49. The summed E-state index contributed by atoms with van der Waals surface area (Å²) in [5, 5.41) is 0. The van der Waals surface area contributed by atoms with E-state index in [9.17, 15) is 0 Å². The number of ether oxygens (including phenoxy) is 1. The smallest absolute Gasteiger partial charge is 0.120 e. The zero-order valence-electron chi connectivity index (χ0n) is 11.6. The fraction of sp³-hybridized carbons (Fsp3) is 1.00. The van der Waals surface area contributed by atoms with Crippen LogP contribution in [-0.4, -0.2) is 61.7 Å². The van der Waals surface area contributed by atoms with E-state index in [-0.39, 0.29) is 0 Å². The van der Waals surface area contributed by atoms with Gasteiger partial charge in [0, 0.05) is 12.8 Å². The minimum absolute atomic E-state index is 0.699. The van der Waals surface area contributed by atoms with Crippen LogP contribution in [0.4, 0.5) is 0 Å². The van der Waals surface area contributed by atoms with Gasteiger partial charge in [-0.05, 0) is 19.3 Å². The van der Waals surface area contributed by atoms with Gasteiger partial charge in [0.2, 0.25) is 0 Å². The van der Waals surface area contributed by atoms with E-state index >= 15 is 0 Å². The lowest BCUT2D eigenvalue weighted by Gasteiger charge is -2.37. The van der Waals surface area contributed by atoms with Crippen molar-refractivity contribution in [1.82, 2.24) is 0 Å². The van der Waals surface area contributed by atoms with Crippen molar-refractivity contribution in [3.05, 3.63) is 0 Å². The number of unbranched alkanes of at least 4 members (excludes halogenated alkanes) is 1. The molecule has 0 aromatic carbocycles. The molecule has 0 aromatic heterocycles. The van der Waals surface area contributed by atoms with E-state index in [1.54, 1.807) is 0 Å². The zero-order valence-corrected chi connectivity index (χ0v) is 11.6. The van der Waals surface area contributed by atoms with Crippen molar-refractivity contribution in [3.8, 4) is 0 Å². The van der Waals surface area contributed by atoms with Crippen LogP contribution in [0, 0.1) is 0 Å². The van der Waals surface area contributed by atoms with Crippen molar-refractivity contribution in [2.75, 3.05) is 52.5 Å². The fourth-order valence-electron chi connectivity index (χ4n) is 3.15. The average Bonchev–Trinajstić information content (AvgIpc) is 2.37. The molecule has 0 amide bonds. The first kappa shape index (κ1) is 14.2. The monoisotopic (exact) mass is 258 g/mol. The maximum atomic E-state index is 6.39. The Kier molecular flexibility index (Phi) is 4.98. The third-order valence-corrected chi connectivity index (χ3v) is 4.53. The maximum Gasteiger partial charge on any atom is 0.120 e. The van der Waals surface area contributed by atoms with E-state index in [4.69, 9.17) is 16.4 Å². The molecule has 0 radical (unpaired) electrons. The van der Waals surface area contributed by atoms with Gasteiger partial charge in [0.1, 0.15) is 13.1 Å². The summed E-state index contributed by atoms with van der Waals surface area (Å²) in [6, 6.07) is 0. The van der Waals surface area contributed by atoms with Gasteiger partial charge >= 0.3 is 0 Å². The lowest BCUT2D eigenvalue weighted by molar-refractivity contribution is -0.951. The van der Waals surface area contributed by atoms with Gasteiger partial charge in [0.05, 0.1) is 39.4 Å². The number of nitrogens with zero attached hydrogens (tertiary/aromatic N) is 2. The molecule has 4 N–H and O–H groups in total. The third-order valence-electron chi connectivity index (χ3n) is 4.53. The van der Waals surface area contributed by atoms with E-state index in [1.807, 2.05) is 0 Å². The number of quaternary nitrogens is 2. The van der Waals surface area contributed by atoms with Gasteiger partial charge in [-0.2, -0.15) is 11.7 Å². The van der Waals surface area contributed by atoms with Crippen LogP contribution in [-0.2, 0) is 4.74 Å². The Morgan fingerprint density at radius 1 is 0.722 bits per heavy atom. The number of hydrogen-bond acceptors (Lipinski definition) is 3. The number of rotatable bonds is 5. The Bertz CT molecular complexity index is 221. The Morgan fingerprint density at radius 3 is 1.78 bits per heavy atom. The van der Waals surface area contributed by atoms with Crippen molar-refractivity contribution < 1.29 is 13.9 Å². The van der Waals surface area contributed by atoms with E-state index in [2.05, 4.69) is 0 Å². The molecule has 0 aliphatic carbocycles. The van der Waals surface area contributed by atoms with Crippen LogP contribution in [0.5, 0.6) is 0 Å². The SMILES string of the molecule is N[N+]1(CCCC[N+]2(N)CCOCC2)CCCCC1. The first-order valence-corrected chi connectivity index (χ1v) is 7.49. The second kappa shape index (κ2) is 6.30. The van der Waals surface area contributed by atoms with Gasteiger partial charge in [0.25, 0.3) is 0 Å². The van der Waals surface area contributed by atoms with Crippen LogP contribution in [0.15, 0.2) is 0 Å². The molecular formula is C13H30N4O+2. The second-order valence-corrected chi connectivity index (χ2v) is 6.16. The standard InChI is InChI=1S/C13H30N4O/c14-16(6-2-1-3-7-16)8-4-5-9-17(15)10-12-18-13-11-17/h1-15H2/q+2. The maximum absolute atomic E-state index is 6.39. The largest absolute Gasteiger partial charge is 0.370 e. The van der Waals surface area contributed by atoms with Crippen LogP contribution in [0.2, 0.25) is 0 Å². The number of piperidine rings is 1. The third kappa shape index (κ3) is 4.17. The van der Waals surface area contributed by atoms with Crippen LogP contribution < -0.4 is 11.7 Å². The van der Waals surface area contributed by atoms with E-state index in [0.29, 0.717) is 4.59 Å². The summed E-state index contributed by atoms with van der Waals surface area (Å²) in [7, 11) is 0. The highest BCUT2D eigenvalue weighted by atomic mass is 16.5. The second-order valence-electron chi connectivity index (χ2n) is 6.16. The molecule has 5 nitrogen and oxygen atoms in total. The minimum Gasteiger partial charge on any atom is -0.370 e. The highest BCUT2D eigenvalue weighted by Crippen LogP contribution is 2.15. The lowest BCUT2D eigenvalue weighted by Crippen LogP contribution is -2.61. The molecule has 2 rings (SSSR count). The van der Waals surface area contributed by atoms with Crippen LogP contribution in [0.1, 0.15) is 32.1 Å². The summed E-state index contributed by atoms with van der Waals surface area (Å²) in [4.78, 5) is 0. The number of nitrogens with two attached hydrogens (primary N) is 2. The molecule has 2 heterocycles. The molecule has 5 heteroatoms. The summed E-state index contributed by atoms with van der Waals surface area (Å²) in [5.41, 5.74) is 0. The van der Waals surface area contributed by atoms with Gasteiger partial charge in [0.15, 0.2) is 0 Å². The highest BCUT2D eigenvalue weighted by Gasteiger charge is 2.28. The molecule has 18 heavy (non-hydrogen) atoms. The molecule has 0 saturated carbocycles. The quantitative estimate of drug-likeness (QED) is 0.425. The number of hydrogen-bond donors (Lipinski definition) is 2. The molecule has 0 bridgehead atoms. The van der Waals surface area contributed by atoms with Gasteiger partial charge in [-0.15, -0.1) is 0 Å². The summed E-state index contributed by atoms with van der Waals surface area (Å²) >= 11 is 0. The van der Waals surface area contributed by atoms with Gasteiger partial charge < -0.3 is 4.74 Å². The summed E-state index contributed by atoms with van der Waals surface area (Å²) < 4.78 is 6.86. The minimum atomic E-state index is 0.699. The predicted octanol–water partition coefficient (Wildman–Crippen LogP) is 0.362. The number of likely N-dealkylation sites (tertiary alicyclic amines) is 1. The Balaban J connectivity index is 1.63. The van der Waals surface area contributed by atoms with Gasteiger partial charge in [-0.1, -0.05) is 0 Å². The Morgan fingerprint density at radius 2 is 1.22 bits per heavy atom. The Hall–Kier alpha value is -0.200. The summed E-state index contributed by atoms with van der Waals surface area (Å²) in [6.45, 7) is 8.07. The molecule has 2 saturated heterocycles. The normalized spacial score (nSPS) is 27.0. The molecule has 106 valence electrons. The van der Waals surface area contributed by atoms with Crippen LogP contribution in [0.25, 0.3) is 0 Å². The highest BCUT2D eigenvalue weighted by molar-refractivity contribution is 4.52. The van der Waals surface area contributed by atoms with E-state index in [0.717, 1.165) is 57.1 Å². The molecule has 2 aliphatic rings. The van der Waals surface area contributed by atoms with Gasteiger partial charge in [-0.3, -0.25) is 0 Å². The van der Waals surface area contributed by atoms with Crippen molar-refractivity contribution in [3.63, 3.8) is 0 Å². The van der Waals surface area contributed by atoms with Crippen molar-refractivity contribution in [1.29, 1.82) is 0 Å². The summed E-state index contributed by atoms with van der Waals surface area (Å²) in [6.07, 6.45) is 6.34. The van der Waals surface area contributed by atoms with Crippen LogP contribution in [0.3, 0.4) is 0 Å². The topological polar surface area (TPSA) is 61.3 Å². The van der Waals surface area contributed by atoms with Gasteiger partial charge in [-0.25, -0.2) is 9.18 Å². The molecule has 0 atom stereocenters. The van der Waals surface area contributed by atoms with Crippen LogP contribution >= 0.6 is 0 Å². The number of morpholine rings is 1. The molecule has 0 spiro atoms. The van der Waals surface area contributed by atoms with E-state index < -0.39 is 0 Å². The molecule has 0 aromatic rings. The summed E-state index contributed by atoms with van der Waals surface area (Å²) in [5.74, 6) is 12.7. The van der Waals surface area contributed by atoms with Crippen molar-refractivity contribution in [2.45, 2.75) is 32.1 Å². The lowest BCUT2D eigenvalue weighted by atomic mass is 10.1. The van der Waals surface area contributed by atoms with Crippen molar-refractivity contribution in [2.24, 2.45) is 11.7 Å². The molecular weight excluding hydrogens is 228 g/mol. The predicted molar refractivity (Wildman–Crippen MR) is 72.0 cm³/mol. The first-order chi connectivity index (χ1) is 8.62. The Labute approximate surface area is 111 Å². The zero-order chi connectivity index (χ0) is 12.9. The molecule has 0 unspecified atom stereocenters. The van der Waals surface area contributed by atoms with Crippen molar-refractivity contribution >= 4 is 0 Å². The molecule has 2 aliphatic heterocycles.